The zero-order valence-corrected chi connectivity index (χ0v) is 22.0. The van der Waals surface area contributed by atoms with Crippen molar-refractivity contribution in [3.63, 3.8) is 0 Å². The van der Waals surface area contributed by atoms with Crippen LogP contribution in [0.1, 0.15) is 61.1 Å². The summed E-state index contributed by atoms with van der Waals surface area (Å²) in [6, 6.07) is 14.3. The molecule has 0 aromatic heterocycles. The Hall–Kier alpha value is -3.11. The Morgan fingerprint density at radius 1 is 0.973 bits per heavy atom. The molecule has 0 saturated carbocycles. The number of fused-ring (bicyclic) bond motifs is 1. The van der Waals surface area contributed by atoms with Crippen molar-refractivity contribution in [2.75, 3.05) is 38.1 Å². The van der Waals surface area contributed by atoms with E-state index in [9.17, 15) is 18.0 Å². The van der Waals surface area contributed by atoms with Crippen LogP contribution in [-0.4, -0.2) is 73.4 Å². The number of hydrogen-bond acceptors (Lipinski definition) is 6. The minimum Gasteiger partial charge on any atom is -0.450 e. The van der Waals surface area contributed by atoms with E-state index in [1.165, 1.54) is 0 Å². The van der Waals surface area contributed by atoms with Gasteiger partial charge in [0, 0.05) is 49.0 Å². The quantitative estimate of drug-likeness (QED) is 0.610. The number of carbonyl (C=O) groups excluding carboxylic acids is 2. The van der Waals surface area contributed by atoms with Crippen LogP contribution in [-0.2, 0) is 14.8 Å². The van der Waals surface area contributed by atoms with E-state index in [2.05, 4.69) is 5.32 Å². The van der Waals surface area contributed by atoms with Crippen molar-refractivity contribution >= 4 is 27.7 Å². The number of anilines is 1. The average molecular weight is 527 g/mol. The van der Waals surface area contributed by atoms with E-state index in [0.717, 1.165) is 30.5 Å². The fraction of sp³-hybridized carbons (Fsp3) is 0.481. The Kier molecular flexibility index (Phi) is 7.39. The number of piperidine rings is 2. The van der Waals surface area contributed by atoms with Crippen LogP contribution in [0.2, 0.25) is 0 Å². The third-order valence-electron chi connectivity index (χ3n) is 7.49. The van der Waals surface area contributed by atoms with Crippen molar-refractivity contribution < 1.29 is 22.7 Å². The number of hydrogen-bond donors (Lipinski definition) is 1. The Balaban J connectivity index is 1.34. The molecule has 9 nitrogen and oxygen atoms in total. The minimum absolute atomic E-state index is 0.0352. The molecule has 0 radical (unpaired) electrons. The van der Waals surface area contributed by atoms with E-state index >= 15 is 0 Å². The molecule has 0 aliphatic carbocycles. The molecule has 2 saturated heterocycles. The number of benzene rings is 2. The normalized spacial score (nSPS) is 21.1. The molecular formula is C27H34N4O5S. The zero-order chi connectivity index (χ0) is 26.0. The Labute approximate surface area is 218 Å². The maximum absolute atomic E-state index is 13.5. The average Bonchev–Trinajstić information content (AvgIpc) is 3.21. The topological polar surface area (TPSA) is 99.3 Å². The molecule has 0 bridgehead atoms. The summed E-state index contributed by atoms with van der Waals surface area (Å²) in [6.07, 6.45) is 3.46. The van der Waals surface area contributed by atoms with Crippen molar-refractivity contribution in [2.24, 2.45) is 0 Å². The fourth-order valence-corrected chi connectivity index (χ4v) is 7.05. The van der Waals surface area contributed by atoms with E-state index < -0.39 is 10.0 Å². The first-order valence-electron chi connectivity index (χ1n) is 13.1. The number of sulfonamides is 1. The highest BCUT2D eigenvalue weighted by molar-refractivity contribution is 7.89. The van der Waals surface area contributed by atoms with Gasteiger partial charge in [-0.2, -0.15) is 4.31 Å². The second-order valence-electron chi connectivity index (χ2n) is 9.75. The van der Waals surface area contributed by atoms with Gasteiger partial charge in [0.1, 0.15) is 6.17 Å². The van der Waals surface area contributed by atoms with Crippen molar-refractivity contribution in [2.45, 2.75) is 56.1 Å². The van der Waals surface area contributed by atoms with Gasteiger partial charge < -0.3 is 19.9 Å². The number of ether oxygens (including phenoxy) is 1. The van der Waals surface area contributed by atoms with E-state index in [4.69, 9.17) is 4.74 Å². The van der Waals surface area contributed by atoms with Crippen molar-refractivity contribution in [1.29, 1.82) is 0 Å². The van der Waals surface area contributed by atoms with E-state index in [1.807, 2.05) is 29.2 Å². The summed E-state index contributed by atoms with van der Waals surface area (Å²) in [5.41, 5.74) is 2.29. The lowest BCUT2D eigenvalue weighted by molar-refractivity contribution is 0.0496. The SMILES string of the molecule is CCOC(=O)N1CCC(N2C(=O)c3ccccc3[C@@H]2Nc2ccc(S(=O)(=O)N3CCCCC3)cc2)CC1. The molecular weight excluding hydrogens is 492 g/mol. The molecule has 1 N–H and O–H groups in total. The molecule has 2 aromatic rings. The second kappa shape index (κ2) is 10.7. The van der Waals surface area contributed by atoms with Crippen molar-refractivity contribution in [3.05, 3.63) is 59.7 Å². The van der Waals surface area contributed by atoms with Gasteiger partial charge >= 0.3 is 6.09 Å². The summed E-state index contributed by atoms with van der Waals surface area (Å²) in [6.45, 7) is 4.30. The Morgan fingerprint density at radius 2 is 1.65 bits per heavy atom. The van der Waals surface area contributed by atoms with Crippen LogP contribution >= 0.6 is 0 Å². The smallest absolute Gasteiger partial charge is 0.409 e. The number of amides is 2. The Bertz CT molecular complexity index is 1240. The summed E-state index contributed by atoms with van der Waals surface area (Å²) in [7, 11) is -3.51. The van der Waals surface area contributed by atoms with E-state index in [-0.39, 0.29) is 29.1 Å². The van der Waals surface area contributed by atoms with E-state index in [0.29, 0.717) is 51.2 Å². The van der Waals surface area contributed by atoms with Crippen molar-refractivity contribution in [1.82, 2.24) is 14.1 Å². The predicted molar refractivity (Wildman–Crippen MR) is 140 cm³/mol. The van der Waals surface area contributed by atoms with Crippen LogP contribution in [0.3, 0.4) is 0 Å². The monoisotopic (exact) mass is 526 g/mol. The second-order valence-corrected chi connectivity index (χ2v) is 11.7. The predicted octanol–water partition coefficient (Wildman–Crippen LogP) is 4.05. The molecule has 2 aromatic carbocycles. The fourth-order valence-electron chi connectivity index (χ4n) is 5.54. The summed E-state index contributed by atoms with van der Waals surface area (Å²) in [4.78, 5) is 29.5. The first kappa shape index (κ1) is 25.5. The van der Waals surface area contributed by atoms with Crippen LogP contribution in [0.15, 0.2) is 53.4 Å². The number of nitrogens with one attached hydrogen (secondary N) is 1. The van der Waals surface area contributed by atoms with Gasteiger partial charge in [0.2, 0.25) is 10.0 Å². The number of nitrogens with zero attached hydrogens (tertiary/aromatic N) is 3. The summed E-state index contributed by atoms with van der Waals surface area (Å²) in [5, 5.41) is 3.48. The molecule has 2 amide bonds. The lowest BCUT2D eigenvalue weighted by atomic mass is 10.0. The first-order valence-corrected chi connectivity index (χ1v) is 14.5. The molecule has 3 aliphatic rings. The highest BCUT2D eigenvalue weighted by atomic mass is 32.2. The van der Waals surface area contributed by atoms with Crippen LogP contribution in [0, 0.1) is 0 Å². The van der Waals surface area contributed by atoms with Gasteiger partial charge in [-0.25, -0.2) is 13.2 Å². The lowest BCUT2D eigenvalue weighted by Gasteiger charge is -2.39. The van der Waals surface area contributed by atoms with Crippen molar-refractivity contribution in [3.8, 4) is 0 Å². The highest BCUT2D eigenvalue weighted by Crippen LogP contribution is 2.38. The largest absolute Gasteiger partial charge is 0.450 e. The molecule has 5 rings (SSSR count). The molecule has 0 unspecified atom stereocenters. The number of rotatable bonds is 6. The van der Waals surface area contributed by atoms with Gasteiger partial charge in [-0.1, -0.05) is 24.6 Å². The summed E-state index contributed by atoms with van der Waals surface area (Å²) < 4.78 is 32.8. The highest BCUT2D eigenvalue weighted by Gasteiger charge is 2.42. The van der Waals surface area contributed by atoms with Gasteiger partial charge in [0.05, 0.1) is 11.5 Å². The third-order valence-corrected chi connectivity index (χ3v) is 9.41. The standard InChI is InChI=1S/C27H34N4O5S/c1-2-36-27(33)29-18-14-21(15-19-29)31-25(23-8-4-5-9-24(23)26(31)32)28-20-10-12-22(13-11-20)37(34,35)30-16-6-3-7-17-30/h4-5,8-13,21,25,28H,2-3,6-7,14-19H2,1H3/t25-/m1/s1. The van der Waals surface area contributed by atoms with Gasteiger partial charge in [-0.15, -0.1) is 0 Å². The maximum Gasteiger partial charge on any atom is 0.409 e. The minimum atomic E-state index is -3.51. The van der Waals surface area contributed by atoms with Gasteiger partial charge in [0.15, 0.2) is 0 Å². The molecule has 3 heterocycles. The van der Waals surface area contributed by atoms with Crippen LogP contribution in [0.25, 0.3) is 0 Å². The Morgan fingerprint density at radius 3 is 2.32 bits per heavy atom. The van der Waals surface area contributed by atoms with Gasteiger partial charge in [-0.05, 0) is 62.9 Å². The first-order chi connectivity index (χ1) is 17.9. The molecule has 37 heavy (non-hydrogen) atoms. The molecule has 3 aliphatic heterocycles. The molecule has 10 heteroatoms. The zero-order valence-electron chi connectivity index (χ0n) is 21.1. The molecule has 0 spiro atoms. The van der Waals surface area contributed by atoms with Gasteiger partial charge in [0.25, 0.3) is 5.91 Å². The van der Waals surface area contributed by atoms with Gasteiger partial charge in [-0.3, -0.25) is 4.79 Å². The molecule has 1 atom stereocenters. The third kappa shape index (κ3) is 5.04. The number of likely N-dealkylation sites (tertiary alicyclic amines) is 1. The molecule has 2 fully saturated rings. The summed E-state index contributed by atoms with van der Waals surface area (Å²) >= 11 is 0. The molecule has 198 valence electrons. The lowest BCUT2D eigenvalue weighted by Crippen LogP contribution is -2.49. The van der Waals surface area contributed by atoms with Crippen LogP contribution in [0.5, 0.6) is 0 Å². The summed E-state index contributed by atoms with van der Waals surface area (Å²) in [5.74, 6) is -0.0352. The van der Waals surface area contributed by atoms with E-state index in [1.54, 1.807) is 40.4 Å². The van der Waals surface area contributed by atoms with Crippen LogP contribution in [0.4, 0.5) is 10.5 Å². The van der Waals surface area contributed by atoms with Crippen LogP contribution < -0.4 is 5.32 Å². The maximum atomic E-state index is 13.5. The number of carbonyl (C=O) groups is 2.